The summed E-state index contributed by atoms with van der Waals surface area (Å²) in [5.41, 5.74) is 0.345. The molecular formula is C19H21F2N3O2S. The van der Waals surface area contributed by atoms with Gasteiger partial charge in [0, 0.05) is 30.3 Å². The van der Waals surface area contributed by atoms with E-state index in [4.69, 9.17) is 4.52 Å². The summed E-state index contributed by atoms with van der Waals surface area (Å²) in [6.45, 7) is 1.22. The highest BCUT2D eigenvalue weighted by atomic mass is 32.2. The van der Waals surface area contributed by atoms with E-state index >= 15 is 0 Å². The molecule has 1 saturated heterocycles. The SMILES string of the molecule is O=C(c1ccccc1SC(F)F)N1CCC[C@H](Cc2nc(C3CC3)no2)C1. The first-order chi connectivity index (χ1) is 13.1. The molecule has 4 rings (SSSR count). The van der Waals surface area contributed by atoms with Crippen LogP contribution in [0.3, 0.4) is 0 Å². The number of thioether (sulfide) groups is 1. The van der Waals surface area contributed by atoms with Crippen molar-refractivity contribution in [3.63, 3.8) is 0 Å². The molecule has 1 aromatic heterocycles. The van der Waals surface area contributed by atoms with Crippen molar-refractivity contribution in [2.45, 2.75) is 48.7 Å². The highest BCUT2D eigenvalue weighted by Crippen LogP contribution is 2.38. The predicted octanol–water partition coefficient (Wildman–Crippen LogP) is 4.36. The fourth-order valence-electron chi connectivity index (χ4n) is 3.53. The summed E-state index contributed by atoms with van der Waals surface area (Å²) >= 11 is 0.418. The van der Waals surface area contributed by atoms with E-state index in [-0.39, 0.29) is 11.8 Å². The third-order valence-electron chi connectivity index (χ3n) is 5.03. The number of rotatable bonds is 6. The van der Waals surface area contributed by atoms with Crippen molar-refractivity contribution in [2.75, 3.05) is 13.1 Å². The summed E-state index contributed by atoms with van der Waals surface area (Å²) in [5, 5.41) is 4.04. The van der Waals surface area contributed by atoms with Crippen LogP contribution in [0, 0.1) is 5.92 Å². The smallest absolute Gasteiger partial charge is 0.288 e. The average Bonchev–Trinajstić information content (AvgIpc) is 3.41. The number of aromatic nitrogens is 2. The third-order valence-corrected chi connectivity index (χ3v) is 5.82. The van der Waals surface area contributed by atoms with Crippen LogP contribution in [0.15, 0.2) is 33.7 Å². The van der Waals surface area contributed by atoms with E-state index in [9.17, 15) is 13.6 Å². The van der Waals surface area contributed by atoms with Gasteiger partial charge in [0.1, 0.15) is 0 Å². The number of hydrogen-bond donors (Lipinski definition) is 0. The van der Waals surface area contributed by atoms with Gasteiger partial charge in [-0.25, -0.2) is 0 Å². The predicted molar refractivity (Wildman–Crippen MR) is 96.9 cm³/mol. The number of benzene rings is 1. The van der Waals surface area contributed by atoms with E-state index in [0.717, 1.165) is 31.5 Å². The lowest BCUT2D eigenvalue weighted by molar-refractivity contribution is 0.0664. The monoisotopic (exact) mass is 393 g/mol. The van der Waals surface area contributed by atoms with Crippen LogP contribution in [0.4, 0.5) is 8.78 Å². The molecule has 1 aliphatic carbocycles. The van der Waals surface area contributed by atoms with Crippen LogP contribution >= 0.6 is 11.8 Å². The van der Waals surface area contributed by atoms with Crippen molar-refractivity contribution in [1.82, 2.24) is 15.0 Å². The van der Waals surface area contributed by atoms with Crippen LogP contribution < -0.4 is 0 Å². The maximum atomic E-state index is 12.9. The van der Waals surface area contributed by atoms with Gasteiger partial charge in [-0.05, 0) is 43.7 Å². The van der Waals surface area contributed by atoms with Crippen LogP contribution in [0.1, 0.15) is 53.7 Å². The molecule has 1 aromatic carbocycles. The van der Waals surface area contributed by atoms with Gasteiger partial charge < -0.3 is 9.42 Å². The van der Waals surface area contributed by atoms with Crippen LogP contribution in [0.25, 0.3) is 0 Å². The van der Waals surface area contributed by atoms with Crippen LogP contribution in [0.5, 0.6) is 0 Å². The van der Waals surface area contributed by atoms with E-state index in [1.165, 1.54) is 0 Å². The number of hydrogen-bond acceptors (Lipinski definition) is 5. The Hall–Kier alpha value is -1.96. The maximum absolute atomic E-state index is 12.9. The topological polar surface area (TPSA) is 59.2 Å². The molecule has 144 valence electrons. The van der Waals surface area contributed by atoms with Crippen LogP contribution in [-0.4, -0.2) is 39.8 Å². The molecule has 2 aliphatic rings. The number of carbonyl (C=O) groups excluding carboxylic acids is 1. The van der Waals surface area contributed by atoms with Gasteiger partial charge in [0.2, 0.25) is 5.89 Å². The Morgan fingerprint density at radius 3 is 2.89 bits per heavy atom. The minimum atomic E-state index is -2.55. The molecule has 2 aromatic rings. The molecule has 5 nitrogen and oxygen atoms in total. The average molecular weight is 393 g/mol. The molecule has 2 heterocycles. The molecule has 1 saturated carbocycles. The normalized spacial score (nSPS) is 20.3. The van der Waals surface area contributed by atoms with Crippen molar-refractivity contribution < 1.29 is 18.1 Å². The molecule has 1 atom stereocenters. The van der Waals surface area contributed by atoms with Gasteiger partial charge in [-0.2, -0.15) is 13.8 Å². The summed E-state index contributed by atoms with van der Waals surface area (Å²) < 4.78 is 30.9. The number of piperidine rings is 1. The van der Waals surface area contributed by atoms with Crippen molar-refractivity contribution in [3.8, 4) is 0 Å². The lowest BCUT2D eigenvalue weighted by atomic mass is 9.94. The molecule has 2 fully saturated rings. The maximum Gasteiger partial charge on any atom is 0.288 e. The highest BCUT2D eigenvalue weighted by molar-refractivity contribution is 7.99. The number of halogens is 2. The Labute approximate surface area is 160 Å². The van der Waals surface area contributed by atoms with Crippen molar-refractivity contribution in [1.29, 1.82) is 0 Å². The second kappa shape index (κ2) is 7.96. The lowest BCUT2D eigenvalue weighted by Crippen LogP contribution is -2.40. The summed E-state index contributed by atoms with van der Waals surface area (Å²) in [6, 6.07) is 6.58. The molecule has 0 spiro atoms. The molecule has 1 aliphatic heterocycles. The summed E-state index contributed by atoms with van der Waals surface area (Å²) in [7, 11) is 0. The minimum absolute atomic E-state index is 0.187. The van der Waals surface area contributed by atoms with Gasteiger partial charge in [-0.15, -0.1) is 0 Å². The molecule has 27 heavy (non-hydrogen) atoms. The summed E-state index contributed by atoms with van der Waals surface area (Å²) in [6.07, 6.45) is 4.76. The van der Waals surface area contributed by atoms with E-state index in [0.29, 0.717) is 53.5 Å². The van der Waals surface area contributed by atoms with Crippen molar-refractivity contribution in [3.05, 3.63) is 41.5 Å². The largest absolute Gasteiger partial charge is 0.339 e. The van der Waals surface area contributed by atoms with Gasteiger partial charge >= 0.3 is 0 Å². The molecule has 1 amide bonds. The van der Waals surface area contributed by atoms with Gasteiger partial charge in [-0.1, -0.05) is 29.1 Å². The molecule has 0 bridgehead atoms. The first-order valence-corrected chi connectivity index (χ1v) is 10.1. The molecular weight excluding hydrogens is 372 g/mol. The fraction of sp³-hybridized carbons (Fsp3) is 0.526. The molecule has 8 heteroatoms. The Morgan fingerprint density at radius 1 is 1.30 bits per heavy atom. The standard InChI is InChI=1S/C19H21F2N3O2S/c20-19(21)27-15-6-2-1-5-14(15)18(25)24-9-3-4-12(11-24)10-16-22-17(23-26-16)13-7-8-13/h1-2,5-6,12-13,19H,3-4,7-11H2/t12-/m1/s1. The molecule has 0 unspecified atom stereocenters. The number of amides is 1. The number of carbonyl (C=O) groups is 1. The van der Waals surface area contributed by atoms with E-state index in [1.807, 2.05) is 0 Å². The van der Waals surface area contributed by atoms with Gasteiger partial charge in [-0.3, -0.25) is 4.79 Å². The first kappa shape index (κ1) is 18.4. The second-order valence-electron chi connectivity index (χ2n) is 7.16. The fourth-order valence-corrected chi connectivity index (χ4v) is 4.17. The Bertz CT molecular complexity index is 810. The first-order valence-electron chi connectivity index (χ1n) is 9.25. The third kappa shape index (κ3) is 4.48. The van der Waals surface area contributed by atoms with Gasteiger partial charge in [0.25, 0.3) is 11.7 Å². The quantitative estimate of drug-likeness (QED) is 0.683. The number of alkyl halides is 2. The molecule has 0 radical (unpaired) electrons. The van der Waals surface area contributed by atoms with Crippen LogP contribution in [-0.2, 0) is 6.42 Å². The van der Waals surface area contributed by atoms with E-state index < -0.39 is 5.76 Å². The van der Waals surface area contributed by atoms with Crippen molar-refractivity contribution in [2.24, 2.45) is 5.92 Å². The van der Waals surface area contributed by atoms with Gasteiger partial charge in [0.05, 0.1) is 5.56 Å². The van der Waals surface area contributed by atoms with Crippen molar-refractivity contribution >= 4 is 17.7 Å². The summed E-state index contributed by atoms with van der Waals surface area (Å²) in [4.78, 5) is 19.5. The Balaban J connectivity index is 1.42. The summed E-state index contributed by atoms with van der Waals surface area (Å²) in [5.74, 6) is -0.615. The highest BCUT2D eigenvalue weighted by Gasteiger charge is 2.31. The zero-order valence-corrected chi connectivity index (χ0v) is 15.6. The minimum Gasteiger partial charge on any atom is -0.339 e. The van der Waals surface area contributed by atoms with Gasteiger partial charge in [0.15, 0.2) is 5.82 Å². The zero-order valence-electron chi connectivity index (χ0n) is 14.8. The van der Waals surface area contributed by atoms with E-state index in [1.54, 1.807) is 29.2 Å². The lowest BCUT2D eigenvalue weighted by Gasteiger charge is -2.32. The number of nitrogens with zero attached hydrogens (tertiary/aromatic N) is 3. The Kier molecular flexibility index (Phi) is 5.43. The zero-order chi connectivity index (χ0) is 18.8. The Morgan fingerprint density at radius 2 is 2.11 bits per heavy atom. The molecule has 0 N–H and O–H groups in total. The number of likely N-dealkylation sites (tertiary alicyclic amines) is 1. The van der Waals surface area contributed by atoms with Crippen LogP contribution in [0.2, 0.25) is 0 Å². The van der Waals surface area contributed by atoms with E-state index in [2.05, 4.69) is 10.1 Å². The second-order valence-corrected chi connectivity index (χ2v) is 8.19.